The van der Waals surface area contributed by atoms with E-state index < -0.39 is 0 Å². The van der Waals surface area contributed by atoms with Crippen molar-refractivity contribution < 1.29 is 0 Å². The lowest BCUT2D eigenvalue weighted by atomic mass is 10.1. The van der Waals surface area contributed by atoms with E-state index in [1.807, 2.05) is 36.4 Å². The number of fused-ring (bicyclic) bond motifs is 3. The highest BCUT2D eigenvalue weighted by Gasteiger charge is 2.03. The molecule has 0 bridgehead atoms. The van der Waals surface area contributed by atoms with Gasteiger partial charge in [-0.25, -0.2) is 4.98 Å². The second-order valence-corrected chi connectivity index (χ2v) is 3.32. The molecule has 0 aliphatic heterocycles. The fourth-order valence-electron chi connectivity index (χ4n) is 1.68. The maximum Gasteiger partial charge on any atom is 0.240 e. The molecule has 0 spiro atoms. The normalized spacial score (nSPS) is 10.9. The molecule has 0 saturated carbocycles. The third kappa shape index (κ3) is 1.19. The molecule has 0 atom stereocenters. The monoisotopic (exact) mass is 196 g/mol. The van der Waals surface area contributed by atoms with Crippen molar-refractivity contribution in [3.63, 3.8) is 0 Å². The van der Waals surface area contributed by atoms with Gasteiger partial charge in [0.1, 0.15) is 11.0 Å². The molecule has 1 heterocycles. The largest absolute Gasteiger partial charge is 0.366 e. The van der Waals surface area contributed by atoms with E-state index in [1.165, 1.54) is 0 Å². The number of anilines is 1. The SMILES string of the molecule is Nc1nnc2ccc3ccccc3c2n1. The lowest BCUT2D eigenvalue weighted by molar-refractivity contribution is 1.04. The minimum atomic E-state index is 0.207. The number of hydrogen-bond acceptors (Lipinski definition) is 4. The summed E-state index contributed by atoms with van der Waals surface area (Å²) in [5.74, 6) is 0.207. The Morgan fingerprint density at radius 3 is 2.73 bits per heavy atom. The number of rotatable bonds is 0. The molecule has 2 N–H and O–H groups in total. The average molecular weight is 196 g/mol. The van der Waals surface area contributed by atoms with Gasteiger partial charge in [0.2, 0.25) is 5.95 Å². The zero-order valence-electron chi connectivity index (χ0n) is 7.88. The molecule has 4 heteroatoms. The quantitative estimate of drug-likeness (QED) is 0.556. The van der Waals surface area contributed by atoms with Crippen molar-refractivity contribution >= 4 is 27.8 Å². The summed E-state index contributed by atoms with van der Waals surface area (Å²) in [6.07, 6.45) is 0. The molecule has 3 rings (SSSR count). The van der Waals surface area contributed by atoms with Gasteiger partial charge in [-0.15, -0.1) is 10.2 Å². The predicted octanol–water partition coefficient (Wildman–Crippen LogP) is 1.76. The Labute approximate surface area is 85.8 Å². The minimum absolute atomic E-state index is 0.207. The Morgan fingerprint density at radius 1 is 0.933 bits per heavy atom. The van der Waals surface area contributed by atoms with Gasteiger partial charge < -0.3 is 5.73 Å². The molecular weight excluding hydrogens is 188 g/mol. The molecule has 0 amide bonds. The molecule has 0 fully saturated rings. The van der Waals surface area contributed by atoms with Crippen LogP contribution in [0.1, 0.15) is 0 Å². The topological polar surface area (TPSA) is 64.7 Å². The van der Waals surface area contributed by atoms with E-state index in [0.29, 0.717) is 0 Å². The van der Waals surface area contributed by atoms with E-state index in [2.05, 4.69) is 15.2 Å². The van der Waals surface area contributed by atoms with Crippen LogP contribution in [-0.4, -0.2) is 15.2 Å². The molecule has 2 aromatic carbocycles. The molecule has 0 aliphatic rings. The van der Waals surface area contributed by atoms with Crippen molar-refractivity contribution in [2.45, 2.75) is 0 Å². The fourth-order valence-corrected chi connectivity index (χ4v) is 1.68. The standard InChI is InChI=1S/C11H8N4/c12-11-13-10-8-4-2-1-3-7(8)5-6-9(10)14-15-11/h1-6H,(H2,12,13,15). The lowest BCUT2D eigenvalue weighted by Crippen LogP contribution is -1.97. The van der Waals surface area contributed by atoms with Crippen LogP contribution in [0.4, 0.5) is 5.95 Å². The Bertz CT molecular complexity index is 648. The number of nitrogen functional groups attached to an aromatic ring is 1. The summed E-state index contributed by atoms with van der Waals surface area (Å²) in [4.78, 5) is 4.21. The van der Waals surface area contributed by atoms with Gasteiger partial charge in [0.05, 0.1) is 0 Å². The highest BCUT2D eigenvalue weighted by atomic mass is 15.2. The first-order chi connectivity index (χ1) is 7.34. The molecule has 4 nitrogen and oxygen atoms in total. The van der Waals surface area contributed by atoms with Crippen molar-refractivity contribution in [2.75, 3.05) is 5.73 Å². The number of nitrogens with zero attached hydrogens (tertiary/aromatic N) is 3. The van der Waals surface area contributed by atoms with E-state index in [9.17, 15) is 0 Å². The van der Waals surface area contributed by atoms with Gasteiger partial charge in [-0.1, -0.05) is 30.3 Å². The summed E-state index contributed by atoms with van der Waals surface area (Å²) in [6, 6.07) is 11.9. The number of hydrogen-bond donors (Lipinski definition) is 1. The van der Waals surface area contributed by atoms with E-state index in [0.717, 1.165) is 21.8 Å². The lowest BCUT2D eigenvalue weighted by Gasteiger charge is -2.01. The smallest absolute Gasteiger partial charge is 0.240 e. The second-order valence-electron chi connectivity index (χ2n) is 3.32. The van der Waals surface area contributed by atoms with Crippen LogP contribution in [0, 0.1) is 0 Å². The molecule has 3 aromatic rings. The van der Waals surface area contributed by atoms with Crippen LogP contribution >= 0.6 is 0 Å². The first-order valence-electron chi connectivity index (χ1n) is 4.62. The van der Waals surface area contributed by atoms with Crippen LogP contribution in [0.3, 0.4) is 0 Å². The first-order valence-corrected chi connectivity index (χ1v) is 4.62. The molecular formula is C11H8N4. The van der Waals surface area contributed by atoms with Crippen molar-refractivity contribution in [2.24, 2.45) is 0 Å². The Balaban J connectivity index is 2.57. The fraction of sp³-hybridized carbons (Fsp3) is 0. The summed E-state index contributed by atoms with van der Waals surface area (Å²) in [6.45, 7) is 0. The van der Waals surface area contributed by atoms with Crippen molar-refractivity contribution in [3.05, 3.63) is 36.4 Å². The van der Waals surface area contributed by atoms with E-state index in [-0.39, 0.29) is 5.95 Å². The van der Waals surface area contributed by atoms with Gasteiger partial charge >= 0.3 is 0 Å². The predicted molar refractivity (Wildman–Crippen MR) is 59.3 cm³/mol. The zero-order valence-corrected chi connectivity index (χ0v) is 7.88. The van der Waals surface area contributed by atoms with Crippen LogP contribution < -0.4 is 5.73 Å². The van der Waals surface area contributed by atoms with Crippen LogP contribution in [0.15, 0.2) is 36.4 Å². The number of benzene rings is 2. The van der Waals surface area contributed by atoms with Crippen LogP contribution in [-0.2, 0) is 0 Å². The summed E-state index contributed by atoms with van der Waals surface area (Å²) in [5, 5.41) is 9.91. The van der Waals surface area contributed by atoms with Crippen LogP contribution in [0.2, 0.25) is 0 Å². The highest BCUT2D eigenvalue weighted by molar-refractivity contribution is 6.03. The Hall–Kier alpha value is -2.23. The molecule has 72 valence electrons. The average Bonchev–Trinajstić information content (AvgIpc) is 2.29. The highest BCUT2D eigenvalue weighted by Crippen LogP contribution is 2.21. The van der Waals surface area contributed by atoms with E-state index >= 15 is 0 Å². The second kappa shape index (κ2) is 2.88. The van der Waals surface area contributed by atoms with Crippen molar-refractivity contribution in [1.82, 2.24) is 15.2 Å². The Kier molecular flexibility index (Phi) is 1.56. The van der Waals surface area contributed by atoms with E-state index in [4.69, 9.17) is 5.73 Å². The number of nitrogens with two attached hydrogens (primary N) is 1. The van der Waals surface area contributed by atoms with Gasteiger partial charge in [-0.2, -0.15) is 0 Å². The van der Waals surface area contributed by atoms with E-state index in [1.54, 1.807) is 0 Å². The van der Waals surface area contributed by atoms with Gasteiger partial charge in [0, 0.05) is 5.39 Å². The molecule has 0 saturated heterocycles. The molecule has 0 radical (unpaired) electrons. The van der Waals surface area contributed by atoms with Crippen molar-refractivity contribution in [3.8, 4) is 0 Å². The van der Waals surface area contributed by atoms with Gasteiger partial charge in [-0.3, -0.25) is 0 Å². The van der Waals surface area contributed by atoms with Gasteiger partial charge in [-0.05, 0) is 11.5 Å². The summed E-state index contributed by atoms with van der Waals surface area (Å²) in [7, 11) is 0. The minimum Gasteiger partial charge on any atom is -0.366 e. The van der Waals surface area contributed by atoms with Crippen LogP contribution in [0.5, 0.6) is 0 Å². The third-order valence-corrected chi connectivity index (χ3v) is 2.37. The molecule has 0 aliphatic carbocycles. The number of aromatic nitrogens is 3. The Morgan fingerprint density at radius 2 is 1.80 bits per heavy atom. The summed E-state index contributed by atoms with van der Waals surface area (Å²) >= 11 is 0. The molecule has 0 unspecified atom stereocenters. The maximum absolute atomic E-state index is 5.53. The van der Waals surface area contributed by atoms with Crippen molar-refractivity contribution in [1.29, 1.82) is 0 Å². The molecule has 15 heavy (non-hydrogen) atoms. The molecule has 1 aromatic heterocycles. The zero-order chi connectivity index (χ0) is 10.3. The van der Waals surface area contributed by atoms with Gasteiger partial charge in [0.25, 0.3) is 0 Å². The van der Waals surface area contributed by atoms with Crippen LogP contribution in [0.25, 0.3) is 21.8 Å². The summed E-state index contributed by atoms with van der Waals surface area (Å²) < 4.78 is 0. The maximum atomic E-state index is 5.53. The summed E-state index contributed by atoms with van der Waals surface area (Å²) in [5.41, 5.74) is 7.10. The van der Waals surface area contributed by atoms with Gasteiger partial charge in [0.15, 0.2) is 0 Å². The first kappa shape index (κ1) is 8.11. The third-order valence-electron chi connectivity index (χ3n) is 2.37.